The molecule has 0 radical (unpaired) electrons. The molecule has 0 atom stereocenters. The summed E-state index contributed by atoms with van der Waals surface area (Å²) in [5.41, 5.74) is 5.19. The largest absolute Gasteiger partial charge is 0.493 e. The van der Waals surface area contributed by atoms with Crippen LogP contribution in [-0.2, 0) is 13.5 Å². The molecule has 1 saturated heterocycles. The summed E-state index contributed by atoms with van der Waals surface area (Å²) in [4.78, 5) is 4.91. The lowest BCUT2D eigenvalue weighted by atomic mass is 9.99. The summed E-state index contributed by atoms with van der Waals surface area (Å²) < 4.78 is 7.66. The Labute approximate surface area is 131 Å². The van der Waals surface area contributed by atoms with Gasteiger partial charge in [-0.3, -0.25) is 4.68 Å². The first-order valence-electron chi connectivity index (χ1n) is 7.93. The molecule has 1 fully saturated rings. The molecule has 0 saturated carbocycles. The molecule has 0 bridgehead atoms. The maximum atomic E-state index is 5.79. The van der Waals surface area contributed by atoms with Gasteiger partial charge in [0.05, 0.1) is 18.5 Å². The fourth-order valence-corrected chi connectivity index (χ4v) is 3.44. The fraction of sp³-hybridized carbons (Fsp3) is 0.471. The molecule has 1 aromatic heterocycles. The molecule has 0 unspecified atom stereocenters. The zero-order chi connectivity index (χ0) is 15.1. The number of aromatic nitrogens is 2. The average molecular weight is 298 g/mol. The predicted octanol–water partition coefficient (Wildman–Crippen LogP) is 1.77. The van der Waals surface area contributed by atoms with Crippen LogP contribution in [0.5, 0.6) is 5.75 Å². The second-order valence-corrected chi connectivity index (χ2v) is 6.23. The van der Waals surface area contributed by atoms with E-state index < -0.39 is 0 Å². The highest BCUT2D eigenvalue weighted by Gasteiger charge is 2.26. The lowest BCUT2D eigenvalue weighted by molar-refractivity contribution is 0.313. The Kier molecular flexibility index (Phi) is 3.30. The maximum absolute atomic E-state index is 5.79. The van der Waals surface area contributed by atoms with E-state index in [1.807, 2.05) is 17.9 Å². The van der Waals surface area contributed by atoms with Crippen LogP contribution in [-0.4, -0.2) is 54.5 Å². The molecule has 116 valence electrons. The number of rotatable bonds is 2. The van der Waals surface area contributed by atoms with Crippen molar-refractivity contribution in [3.8, 4) is 16.9 Å². The number of ether oxygens (including phenoxy) is 1. The number of anilines is 1. The molecule has 22 heavy (non-hydrogen) atoms. The molecule has 2 aliphatic heterocycles. The summed E-state index contributed by atoms with van der Waals surface area (Å²) in [6, 6.07) is 4.30. The van der Waals surface area contributed by atoms with E-state index in [2.05, 4.69) is 40.3 Å². The third kappa shape index (κ3) is 2.25. The van der Waals surface area contributed by atoms with E-state index in [9.17, 15) is 0 Å². The van der Waals surface area contributed by atoms with Crippen molar-refractivity contribution < 1.29 is 4.74 Å². The third-order valence-corrected chi connectivity index (χ3v) is 4.68. The fourth-order valence-electron chi connectivity index (χ4n) is 3.44. The van der Waals surface area contributed by atoms with Crippen LogP contribution >= 0.6 is 0 Å². The quantitative estimate of drug-likeness (QED) is 0.846. The minimum atomic E-state index is 0.798. The highest BCUT2D eigenvalue weighted by Crippen LogP contribution is 2.41. The van der Waals surface area contributed by atoms with Crippen LogP contribution in [0.4, 0.5) is 5.69 Å². The van der Waals surface area contributed by atoms with E-state index in [4.69, 9.17) is 4.74 Å². The van der Waals surface area contributed by atoms with Crippen molar-refractivity contribution in [3.63, 3.8) is 0 Å². The normalized spacial score (nSPS) is 18.4. The zero-order valence-corrected chi connectivity index (χ0v) is 13.2. The summed E-state index contributed by atoms with van der Waals surface area (Å²) in [6.07, 6.45) is 5.05. The summed E-state index contributed by atoms with van der Waals surface area (Å²) in [6.45, 7) is 5.15. The number of hydrogen-bond acceptors (Lipinski definition) is 4. The number of fused-ring (bicyclic) bond motifs is 1. The van der Waals surface area contributed by atoms with Crippen molar-refractivity contribution in [2.45, 2.75) is 6.42 Å². The molecular formula is C17H22N4O. The number of piperazine rings is 1. The van der Waals surface area contributed by atoms with Gasteiger partial charge in [0.2, 0.25) is 0 Å². The van der Waals surface area contributed by atoms with Crippen LogP contribution in [0.2, 0.25) is 0 Å². The van der Waals surface area contributed by atoms with Crippen LogP contribution in [0.15, 0.2) is 24.5 Å². The Hall–Kier alpha value is -2.01. The van der Waals surface area contributed by atoms with E-state index in [0.717, 1.165) is 45.0 Å². The maximum Gasteiger partial charge on any atom is 0.124 e. The molecule has 3 heterocycles. The smallest absolute Gasteiger partial charge is 0.124 e. The molecule has 0 spiro atoms. The number of aryl methyl sites for hydroxylation is 1. The first-order valence-corrected chi connectivity index (χ1v) is 7.93. The number of hydrogen-bond donors (Lipinski definition) is 0. The molecule has 0 aliphatic carbocycles. The van der Waals surface area contributed by atoms with Crippen LogP contribution in [0.3, 0.4) is 0 Å². The van der Waals surface area contributed by atoms with E-state index in [0.29, 0.717) is 0 Å². The number of benzene rings is 1. The third-order valence-electron chi connectivity index (χ3n) is 4.68. The summed E-state index contributed by atoms with van der Waals surface area (Å²) in [7, 11) is 4.16. The molecule has 1 aromatic carbocycles. The topological polar surface area (TPSA) is 33.5 Å². The Morgan fingerprint density at radius 1 is 1.09 bits per heavy atom. The van der Waals surface area contributed by atoms with Gasteiger partial charge < -0.3 is 14.5 Å². The minimum Gasteiger partial charge on any atom is -0.493 e. The number of nitrogens with zero attached hydrogens (tertiary/aromatic N) is 4. The van der Waals surface area contributed by atoms with Gasteiger partial charge in [0.1, 0.15) is 5.75 Å². The monoisotopic (exact) mass is 298 g/mol. The van der Waals surface area contributed by atoms with Gasteiger partial charge in [-0.25, -0.2) is 0 Å². The van der Waals surface area contributed by atoms with Gasteiger partial charge in [0.15, 0.2) is 0 Å². The Morgan fingerprint density at radius 2 is 1.91 bits per heavy atom. The van der Waals surface area contributed by atoms with Crippen LogP contribution in [0, 0.1) is 0 Å². The molecule has 5 heteroatoms. The Morgan fingerprint density at radius 3 is 2.64 bits per heavy atom. The van der Waals surface area contributed by atoms with Gasteiger partial charge in [-0.2, -0.15) is 5.10 Å². The standard InChI is InChI=1S/C17H22N4O/c1-19-6-8-21(9-7-19)17-14(13-11-18-20(2)12-13)3-4-16-15(17)5-10-22-16/h3-4,11-12H,5-10H2,1-2H3. The van der Waals surface area contributed by atoms with Gasteiger partial charge in [0, 0.05) is 62.5 Å². The zero-order valence-electron chi connectivity index (χ0n) is 13.2. The highest BCUT2D eigenvalue weighted by molar-refractivity contribution is 5.83. The Balaban J connectivity index is 1.81. The Bertz CT molecular complexity index is 686. The van der Waals surface area contributed by atoms with Crippen LogP contribution in [0.25, 0.3) is 11.1 Å². The van der Waals surface area contributed by atoms with Crippen LogP contribution < -0.4 is 9.64 Å². The van der Waals surface area contributed by atoms with Crippen molar-refractivity contribution in [2.75, 3.05) is 44.7 Å². The second-order valence-electron chi connectivity index (χ2n) is 6.23. The van der Waals surface area contributed by atoms with Crippen molar-refractivity contribution in [1.82, 2.24) is 14.7 Å². The van der Waals surface area contributed by atoms with E-state index >= 15 is 0 Å². The summed E-state index contributed by atoms with van der Waals surface area (Å²) in [5.74, 6) is 1.06. The van der Waals surface area contributed by atoms with Gasteiger partial charge in [-0.15, -0.1) is 0 Å². The van der Waals surface area contributed by atoms with Gasteiger partial charge in [-0.1, -0.05) is 0 Å². The van der Waals surface area contributed by atoms with Crippen molar-refractivity contribution >= 4 is 5.69 Å². The predicted molar refractivity (Wildman–Crippen MR) is 87.6 cm³/mol. The lowest BCUT2D eigenvalue weighted by Crippen LogP contribution is -2.45. The van der Waals surface area contributed by atoms with Crippen molar-refractivity contribution in [1.29, 1.82) is 0 Å². The van der Waals surface area contributed by atoms with E-state index in [-0.39, 0.29) is 0 Å². The van der Waals surface area contributed by atoms with Crippen LogP contribution in [0.1, 0.15) is 5.56 Å². The first-order chi connectivity index (χ1) is 10.7. The van der Waals surface area contributed by atoms with E-state index in [1.165, 1.54) is 22.4 Å². The molecule has 0 amide bonds. The molecule has 0 N–H and O–H groups in total. The van der Waals surface area contributed by atoms with Gasteiger partial charge in [-0.05, 0) is 19.2 Å². The molecule has 2 aromatic rings. The number of likely N-dealkylation sites (N-methyl/N-ethyl adjacent to an activating group) is 1. The van der Waals surface area contributed by atoms with Gasteiger partial charge >= 0.3 is 0 Å². The molecular weight excluding hydrogens is 276 g/mol. The van der Waals surface area contributed by atoms with Crippen molar-refractivity contribution in [3.05, 3.63) is 30.1 Å². The average Bonchev–Trinajstić information content (AvgIpc) is 3.15. The van der Waals surface area contributed by atoms with Gasteiger partial charge in [0.25, 0.3) is 0 Å². The molecule has 5 nitrogen and oxygen atoms in total. The minimum absolute atomic E-state index is 0.798. The lowest BCUT2D eigenvalue weighted by Gasteiger charge is -2.36. The summed E-state index contributed by atoms with van der Waals surface area (Å²) >= 11 is 0. The van der Waals surface area contributed by atoms with Crippen molar-refractivity contribution in [2.24, 2.45) is 7.05 Å². The van der Waals surface area contributed by atoms with E-state index in [1.54, 1.807) is 0 Å². The highest BCUT2D eigenvalue weighted by atomic mass is 16.5. The molecule has 4 rings (SSSR count). The molecule has 2 aliphatic rings. The summed E-state index contributed by atoms with van der Waals surface area (Å²) in [5, 5.41) is 4.34. The first kappa shape index (κ1) is 13.6. The second kappa shape index (κ2) is 5.32. The SMILES string of the molecule is CN1CCN(c2c(-c3cnn(C)c3)ccc3c2CCO3)CC1.